The Morgan fingerprint density at radius 3 is 1.60 bits per heavy atom. The Hall–Kier alpha value is -4.19. The van der Waals surface area contributed by atoms with E-state index < -0.39 is 103 Å². The van der Waals surface area contributed by atoms with Gasteiger partial charge in [0.15, 0.2) is 30.6 Å². The summed E-state index contributed by atoms with van der Waals surface area (Å²) in [5.41, 5.74) is -2.18. The number of nitrogens with zero attached hydrogens (tertiary/aromatic N) is 2. The van der Waals surface area contributed by atoms with Gasteiger partial charge in [0.05, 0.1) is 7.11 Å². The van der Waals surface area contributed by atoms with Crippen LogP contribution in [0.2, 0.25) is 0 Å². The number of hydrogen-bond acceptors (Lipinski definition) is 16. The third-order valence-corrected chi connectivity index (χ3v) is 6.36. The van der Waals surface area contributed by atoms with Gasteiger partial charge in [0.25, 0.3) is 0 Å². The first kappa shape index (κ1) is 40.0. The van der Waals surface area contributed by atoms with E-state index in [0.717, 1.165) is 39.8 Å². The summed E-state index contributed by atoms with van der Waals surface area (Å²) < 4.78 is 49.6. The second-order valence-electron chi connectivity index (χ2n) is 12.9. The fraction of sp³-hybridized carbons (Fsp3) is 0.767. The zero-order valence-electron chi connectivity index (χ0n) is 29.1. The normalized spacial score (nSPS) is 26.0. The molecule has 0 saturated carbocycles. The molecule has 2 rings (SSSR count). The molecule has 0 bridgehead atoms. The van der Waals surface area contributed by atoms with Crippen LogP contribution in [0.1, 0.15) is 82.1 Å². The van der Waals surface area contributed by atoms with E-state index in [9.17, 15) is 33.6 Å². The monoisotopic (exact) mass is 690 g/mol. The molecular formula is C30H46N2O16. The molecule has 0 radical (unpaired) electrons. The number of carbonyl (C=O) groups is 7. The van der Waals surface area contributed by atoms with Crippen LogP contribution in [0.25, 0.3) is 0 Å². The first-order valence-electron chi connectivity index (χ1n) is 15.1. The third-order valence-electron chi connectivity index (χ3n) is 6.36. The molecule has 0 aliphatic carbocycles. The van der Waals surface area contributed by atoms with Crippen LogP contribution in [-0.2, 0) is 66.6 Å². The number of methoxy groups -OCH3 is 1. The molecule has 18 heteroatoms. The number of hydrogen-bond donors (Lipinski definition) is 0. The summed E-state index contributed by atoms with van der Waals surface area (Å²) in [5, 5.41) is 1.43. The lowest BCUT2D eigenvalue weighted by atomic mass is 9.98. The average Bonchev–Trinajstić information content (AvgIpc) is 2.91. The summed E-state index contributed by atoms with van der Waals surface area (Å²) in [6.07, 6.45) is -11.8. The number of hydrazine groups is 1. The van der Waals surface area contributed by atoms with Gasteiger partial charge in [-0.05, 0) is 54.4 Å². The second-order valence-corrected chi connectivity index (χ2v) is 12.9. The van der Waals surface area contributed by atoms with Crippen molar-refractivity contribution in [3.63, 3.8) is 0 Å². The minimum Gasteiger partial charge on any atom is -0.467 e. The molecule has 0 spiro atoms. The summed E-state index contributed by atoms with van der Waals surface area (Å²) in [4.78, 5) is 88.7. The highest BCUT2D eigenvalue weighted by atomic mass is 16.7. The van der Waals surface area contributed by atoms with Crippen LogP contribution in [0.4, 0.5) is 9.59 Å². The van der Waals surface area contributed by atoms with Gasteiger partial charge in [-0.15, -0.1) is 0 Å². The summed E-state index contributed by atoms with van der Waals surface area (Å²) >= 11 is 0. The van der Waals surface area contributed by atoms with Crippen LogP contribution < -0.4 is 0 Å². The Morgan fingerprint density at radius 2 is 1.15 bits per heavy atom. The number of esters is 5. The first-order chi connectivity index (χ1) is 22.0. The van der Waals surface area contributed by atoms with E-state index in [0.29, 0.717) is 5.01 Å². The lowest BCUT2D eigenvalue weighted by Gasteiger charge is -2.49. The summed E-state index contributed by atoms with van der Waals surface area (Å²) in [6, 6.07) is -1.37. The van der Waals surface area contributed by atoms with Gasteiger partial charge in [-0.2, -0.15) is 10.0 Å². The van der Waals surface area contributed by atoms with Crippen molar-refractivity contribution < 1.29 is 76.2 Å². The number of rotatable bonds is 8. The Balaban J connectivity index is 2.72. The molecule has 18 nitrogen and oxygen atoms in total. The average molecular weight is 691 g/mol. The SMILES string of the molecule is COC(=O)[C@@H]1CC[C@H](O[C@@H]2O[C@H](COC(C)=O)[C@@H](OC(C)=O)[C@H](OC(C)=O)[C@H]2OC(C)=O)N(C(=O)OC(C)(C)C)N1C(=O)OC(C)(C)C. The predicted octanol–water partition coefficient (Wildman–Crippen LogP) is 2.14. The zero-order chi connectivity index (χ0) is 36.7. The highest BCUT2D eigenvalue weighted by Gasteiger charge is 2.56. The number of carbonyl (C=O) groups excluding carboxylic acids is 7. The van der Waals surface area contributed by atoms with Gasteiger partial charge in [-0.1, -0.05) is 0 Å². The van der Waals surface area contributed by atoms with E-state index in [1.807, 2.05) is 0 Å². The van der Waals surface area contributed by atoms with E-state index in [4.69, 9.17) is 42.6 Å². The molecule has 2 amide bonds. The Morgan fingerprint density at radius 1 is 0.667 bits per heavy atom. The van der Waals surface area contributed by atoms with Gasteiger partial charge < -0.3 is 42.6 Å². The van der Waals surface area contributed by atoms with Gasteiger partial charge >= 0.3 is 42.0 Å². The van der Waals surface area contributed by atoms with E-state index in [2.05, 4.69) is 0 Å². The molecule has 7 atom stereocenters. The molecule has 2 aliphatic rings. The maximum atomic E-state index is 13.8. The van der Waals surface area contributed by atoms with Crippen LogP contribution in [0, 0.1) is 0 Å². The quantitative estimate of drug-likeness (QED) is 0.264. The van der Waals surface area contributed by atoms with Crippen LogP contribution in [0.3, 0.4) is 0 Å². The highest BCUT2D eigenvalue weighted by molar-refractivity contribution is 5.84. The topological polar surface area (TPSA) is 209 Å². The van der Waals surface area contributed by atoms with E-state index in [-0.39, 0.29) is 12.8 Å². The maximum Gasteiger partial charge on any atom is 0.431 e. The number of amides is 2. The molecule has 0 unspecified atom stereocenters. The fourth-order valence-corrected chi connectivity index (χ4v) is 4.80. The fourth-order valence-electron chi connectivity index (χ4n) is 4.80. The van der Waals surface area contributed by atoms with Crippen molar-refractivity contribution in [2.24, 2.45) is 0 Å². The lowest BCUT2D eigenvalue weighted by molar-refractivity contribution is -0.337. The Kier molecular flexibility index (Phi) is 13.6. The Labute approximate surface area is 278 Å². The minimum atomic E-state index is -1.73. The zero-order valence-corrected chi connectivity index (χ0v) is 29.1. The molecular weight excluding hydrogens is 644 g/mol. The summed E-state index contributed by atoms with van der Waals surface area (Å²) in [7, 11) is 1.10. The molecule has 2 fully saturated rings. The van der Waals surface area contributed by atoms with Crippen LogP contribution in [0.15, 0.2) is 0 Å². The van der Waals surface area contributed by atoms with Crippen LogP contribution in [-0.4, -0.2) is 120 Å². The molecule has 2 aliphatic heterocycles. The number of ether oxygens (including phenoxy) is 9. The lowest BCUT2D eigenvalue weighted by Crippen LogP contribution is -2.68. The molecule has 2 saturated heterocycles. The molecule has 2 heterocycles. The smallest absolute Gasteiger partial charge is 0.431 e. The van der Waals surface area contributed by atoms with Crippen LogP contribution in [0.5, 0.6) is 0 Å². The minimum absolute atomic E-state index is 0.124. The molecule has 0 aromatic heterocycles. The first-order valence-corrected chi connectivity index (χ1v) is 15.1. The predicted molar refractivity (Wildman–Crippen MR) is 158 cm³/mol. The molecule has 48 heavy (non-hydrogen) atoms. The maximum absolute atomic E-state index is 13.8. The van der Waals surface area contributed by atoms with Gasteiger partial charge in [-0.3, -0.25) is 19.2 Å². The standard InChI is InChI=1S/C30H46N2O16/c1-15(33)41-14-20-22(42-16(2)34)23(43-17(3)35)24(44-18(4)36)26(45-20)46-21-13-12-19(25(37)40-11)31(27(38)47-29(5,6)7)32(21)28(39)48-30(8,9)10/h19-24,26H,12-14H2,1-11H3/t19-,20+,21-,22+,23-,24+,26-/m0/s1. The van der Waals surface area contributed by atoms with E-state index in [1.54, 1.807) is 41.5 Å². The van der Waals surface area contributed by atoms with Gasteiger partial charge in [0.2, 0.25) is 6.29 Å². The van der Waals surface area contributed by atoms with Crippen molar-refractivity contribution in [1.29, 1.82) is 0 Å². The van der Waals surface area contributed by atoms with Gasteiger partial charge in [-0.25, -0.2) is 14.4 Å². The largest absolute Gasteiger partial charge is 0.467 e. The molecule has 0 aromatic rings. The van der Waals surface area contributed by atoms with E-state index in [1.165, 1.54) is 0 Å². The van der Waals surface area contributed by atoms with Gasteiger partial charge in [0.1, 0.15) is 23.9 Å². The third kappa shape index (κ3) is 11.5. The van der Waals surface area contributed by atoms with Crippen molar-refractivity contribution in [2.75, 3.05) is 13.7 Å². The van der Waals surface area contributed by atoms with Crippen molar-refractivity contribution in [2.45, 2.75) is 136 Å². The van der Waals surface area contributed by atoms with E-state index >= 15 is 0 Å². The molecule has 0 aromatic carbocycles. The van der Waals surface area contributed by atoms with Crippen molar-refractivity contribution >= 4 is 42.0 Å². The van der Waals surface area contributed by atoms with Crippen molar-refractivity contribution in [3.8, 4) is 0 Å². The summed E-state index contributed by atoms with van der Waals surface area (Å²) in [6.45, 7) is 13.2. The molecule has 0 N–H and O–H groups in total. The van der Waals surface area contributed by atoms with Crippen molar-refractivity contribution in [1.82, 2.24) is 10.0 Å². The van der Waals surface area contributed by atoms with Crippen LogP contribution >= 0.6 is 0 Å². The molecule has 272 valence electrons. The van der Waals surface area contributed by atoms with Gasteiger partial charge in [0, 0.05) is 27.7 Å². The second kappa shape index (κ2) is 16.3. The highest BCUT2D eigenvalue weighted by Crippen LogP contribution is 2.35. The van der Waals surface area contributed by atoms with Crippen molar-refractivity contribution in [3.05, 3.63) is 0 Å². The summed E-state index contributed by atoms with van der Waals surface area (Å²) in [5.74, 6) is -4.19. The Bertz CT molecular complexity index is 1220.